The molecule has 17 heavy (non-hydrogen) atoms. The average Bonchev–Trinajstić information content (AvgIpc) is 2.36. The molecule has 0 atom stereocenters. The van der Waals surface area contributed by atoms with Crippen LogP contribution in [0, 0.1) is 11.8 Å². The van der Waals surface area contributed by atoms with E-state index in [1.165, 1.54) is 0 Å². The molecule has 3 heteroatoms. The van der Waals surface area contributed by atoms with Crippen molar-refractivity contribution < 1.29 is 9.90 Å². The minimum absolute atomic E-state index is 0.0218. The number of amides is 1. The van der Waals surface area contributed by atoms with E-state index in [0.29, 0.717) is 5.56 Å². The summed E-state index contributed by atoms with van der Waals surface area (Å²) in [6, 6.07) is 7.09. The van der Waals surface area contributed by atoms with Crippen molar-refractivity contribution in [1.29, 1.82) is 0 Å². The average molecular weight is 231 g/mol. The smallest absolute Gasteiger partial charge is 0.253 e. The van der Waals surface area contributed by atoms with Crippen LogP contribution < -0.4 is 0 Å². The quantitative estimate of drug-likeness (QED) is 0.801. The Morgan fingerprint density at radius 2 is 2.00 bits per heavy atom. The molecule has 1 amide bonds. The number of benzene rings is 1. The second-order valence-electron chi connectivity index (χ2n) is 3.76. The molecule has 1 rings (SSSR count). The van der Waals surface area contributed by atoms with Gasteiger partial charge in [-0.25, -0.2) is 0 Å². The molecule has 90 valence electrons. The predicted octanol–water partition coefficient (Wildman–Crippen LogP) is 1.51. The van der Waals surface area contributed by atoms with Gasteiger partial charge in [-0.2, -0.15) is 0 Å². The van der Waals surface area contributed by atoms with Crippen LogP contribution in [0.5, 0.6) is 0 Å². The molecule has 0 spiro atoms. The van der Waals surface area contributed by atoms with E-state index < -0.39 is 0 Å². The van der Waals surface area contributed by atoms with Gasteiger partial charge < -0.3 is 10.0 Å². The number of hydrogen-bond acceptors (Lipinski definition) is 2. The van der Waals surface area contributed by atoms with Crippen molar-refractivity contribution >= 4 is 5.91 Å². The normalized spacial score (nSPS) is 9.35. The molecule has 1 aromatic rings. The van der Waals surface area contributed by atoms with Gasteiger partial charge in [-0.1, -0.05) is 18.8 Å². The summed E-state index contributed by atoms with van der Waals surface area (Å²) < 4.78 is 0. The van der Waals surface area contributed by atoms with Crippen molar-refractivity contribution in [2.75, 3.05) is 20.2 Å². The second kappa shape index (κ2) is 6.72. The summed E-state index contributed by atoms with van der Waals surface area (Å²) in [5.74, 6) is 5.38. The zero-order valence-electron chi connectivity index (χ0n) is 10.2. The molecule has 0 aliphatic rings. The molecule has 0 saturated heterocycles. The van der Waals surface area contributed by atoms with E-state index in [2.05, 4.69) is 11.8 Å². The maximum atomic E-state index is 11.9. The lowest BCUT2D eigenvalue weighted by Crippen LogP contribution is -2.27. The molecule has 0 unspecified atom stereocenters. The summed E-state index contributed by atoms with van der Waals surface area (Å²) in [5.41, 5.74) is 1.46. The molecule has 0 radical (unpaired) electrons. The first-order valence-corrected chi connectivity index (χ1v) is 5.64. The highest BCUT2D eigenvalue weighted by atomic mass is 16.2. The van der Waals surface area contributed by atoms with Crippen LogP contribution in [0.3, 0.4) is 0 Å². The highest BCUT2D eigenvalue weighted by molar-refractivity contribution is 5.94. The third kappa shape index (κ3) is 3.93. The van der Waals surface area contributed by atoms with Gasteiger partial charge in [-0.15, -0.1) is 0 Å². The molecule has 0 aliphatic heterocycles. The number of nitrogens with zero attached hydrogens (tertiary/aromatic N) is 1. The predicted molar refractivity (Wildman–Crippen MR) is 67.7 cm³/mol. The highest BCUT2D eigenvalue weighted by Gasteiger charge is 2.09. The van der Waals surface area contributed by atoms with Crippen LogP contribution in [0.15, 0.2) is 24.3 Å². The molecule has 0 aliphatic carbocycles. The Kier molecular flexibility index (Phi) is 5.25. The van der Waals surface area contributed by atoms with Crippen LogP contribution in [0.25, 0.3) is 0 Å². The van der Waals surface area contributed by atoms with Gasteiger partial charge in [0.2, 0.25) is 0 Å². The van der Waals surface area contributed by atoms with Crippen molar-refractivity contribution in [1.82, 2.24) is 4.90 Å². The van der Waals surface area contributed by atoms with Gasteiger partial charge in [0.05, 0.1) is 0 Å². The largest absolute Gasteiger partial charge is 0.384 e. The Morgan fingerprint density at radius 1 is 1.35 bits per heavy atom. The van der Waals surface area contributed by atoms with Gasteiger partial charge >= 0.3 is 0 Å². The lowest BCUT2D eigenvalue weighted by molar-refractivity contribution is 0.0795. The highest BCUT2D eigenvalue weighted by Crippen LogP contribution is 2.06. The standard InChI is InChI=1S/C14H17NO2/c1-3-10-15(2)14(17)13-8-6-12(7-9-13)5-4-11-16/h6-9,16H,3,10-11H2,1-2H3. The molecule has 3 nitrogen and oxygen atoms in total. The summed E-state index contributed by atoms with van der Waals surface area (Å²) in [6.07, 6.45) is 0.947. The maximum Gasteiger partial charge on any atom is 0.253 e. The monoisotopic (exact) mass is 231 g/mol. The van der Waals surface area contributed by atoms with E-state index in [-0.39, 0.29) is 12.5 Å². The Hall–Kier alpha value is -1.79. The lowest BCUT2D eigenvalue weighted by atomic mass is 10.1. The van der Waals surface area contributed by atoms with Crippen LogP contribution in [0.1, 0.15) is 29.3 Å². The van der Waals surface area contributed by atoms with E-state index in [0.717, 1.165) is 18.5 Å². The first-order chi connectivity index (χ1) is 8.19. The first-order valence-electron chi connectivity index (χ1n) is 5.64. The van der Waals surface area contributed by atoms with E-state index in [1.54, 1.807) is 36.2 Å². The second-order valence-corrected chi connectivity index (χ2v) is 3.76. The summed E-state index contributed by atoms with van der Waals surface area (Å²) >= 11 is 0. The third-order valence-corrected chi connectivity index (χ3v) is 2.35. The van der Waals surface area contributed by atoms with Crippen molar-refractivity contribution in [3.8, 4) is 11.8 Å². The zero-order valence-corrected chi connectivity index (χ0v) is 10.2. The van der Waals surface area contributed by atoms with Crippen LogP contribution in [-0.2, 0) is 0 Å². The Balaban J connectivity index is 2.77. The summed E-state index contributed by atoms with van der Waals surface area (Å²) in [7, 11) is 1.80. The minimum Gasteiger partial charge on any atom is -0.384 e. The summed E-state index contributed by atoms with van der Waals surface area (Å²) in [5, 5.41) is 8.57. The molecule has 0 saturated carbocycles. The summed E-state index contributed by atoms with van der Waals surface area (Å²) in [4.78, 5) is 13.6. The molecule has 0 heterocycles. The van der Waals surface area contributed by atoms with E-state index in [9.17, 15) is 4.79 Å². The Labute approximate surface area is 102 Å². The Morgan fingerprint density at radius 3 is 2.53 bits per heavy atom. The third-order valence-electron chi connectivity index (χ3n) is 2.35. The topological polar surface area (TPSA) is 40.5 Å². The van der Waals surface area contributed by atoms with Gasteiger partial charge in [0.15, 0.2) is 0 Å². The molecular formula is C14H17NO2. The number of aliphatic hydroxyl groups is 1. The van der Waals surface area contributed by atoms with Crippen LogP contribution >= 0.6 is 0 Å². The maximum absolute atomic E-state index is 11.9. The number of rotatable bonds is 3. The molecule has 0 bridgehead atoms. The van der Waals surface area contributed by atoms with Crippen LogP contribution in [0.2, 0.25) is 0 Å². The van der Waals surface area contributed by atoms with Gasteiger partial charge in [0.25, 0.3) is 5.91 Å². The first kappa shape index (κ1) is 13.3. The molecule has 0 fully saturated rings. The van der Waals surface area contributed by atoms with Crippen molar-refractivity contribution in [3.05, 3.63) is 35.4 Å². The number of carbonyl (C=O) groups is 1. The molecule has 1 N–H and O–H groups in total. The van der Waals surface area contributed by atoms with Crippen molar-refractivity contribution in [3.63, 3.8) is 0 Å². The fourth-order valence-electron chi connectivity index (χ4n) is 1.50. The zero-order chi connectivity index (χ0) is 12.7. The van der Waals surface area contributed by atoms with Crippen molar-refractivity contribution in [2.45, 2.75) is 13.3 Å². The molecule has 1 aromatic carbocycles. The molecular weight excluding hydrogens is 214 g/mol. The molecule has 0 aromatic heterocycles. The fourth-order valence-corrected chi connectivity index (χ4v) is 1.50. The number of hydrogen-bond donors (Lipinski definition) is 1. The SMILES string of the molecule is CCCN(C)C(=O)c1ccc(C#CCO)cc1. The van der Waals surface area contributed by atoms with Gasteiger partial charge in [-0.05, 0) is 30.7 Å². The fraction of sp³-hybridized carbons (Fsp3) is 0.357. The van der Waals surface area contributed by atoms with Crippen molar-refractivity contribution in [2.24, 2.45) is 0 Å². The van der Waals surface area contributed by atoms with Gasteiger partial charge in [0, 0.05) is 24.7 Å². The van der Waals surface area contributed by atoms with Gasteiger partial charge in [0.1, 0.15) is 6.61 Å². The minimum atomic E-state index is -0.153. The van der Waals surface area contributed by atoms with E-state index in [4.69, 9.17) is 5.11 Å². The lowest BCUT2D eigenvalue weighted by Gasteiger charge is -2.15. The van der Waals surface area contributed by atoms with E-state index >= 15 is 0 Å². The summed E-state index contributed by atoms with van der Waals surface area (Å²) in [6.45, 7) is 2.64. The Bertz CT molecular complexity index is 426. The van der Waals surface area contributed by atoms with Gasteiger partial charge in [-0.3, -0.25) is 4.79 Å². The van der Waals surface area contributed by atoms with E-state index in [1.807, 2.05) is 6.92 Å². The van der Waals surface area contributed by atoms with Crippen LogP contribution in [-0.4, -0.2) is 36.1 Å². The van der Waals surface area contributed by atoms with Crippen LogP contribution in [0.4, 0.5) is 0 Å². The number of aliphatic hydroxyl groups excluding tert-OH is 1. The number of carbonyl (C=O) groups excluding carboxylic acids is 1.